The molecule has 1 aliphatic rings. The van der Waals surface area contributed by atoms with E-state index in [2.05, 4.69) is 33.8 Å². The lowest BCUT2D eigenvalue weighted by atomic mass is 9.91. The molecule has 0 radical (unpaired) electrons. The van der Waals surface area contributed by atoms with Crippen molar-refractivity contribution in [2.45, 2.75) is 84.5 Å². The molecule has 0 amide bonds. The summed E-state index contributed by atoms with van der Waals surface area (Å²) in [4.78, 5) is 11.4. The van der Waals surface area contributed by atoms with Crippen LogP contribution in [0.5, 0.6) is 5.75 Å². The van der Waals surface area contributed by atoms with E-state index in [4.69, 9.17) is 9.47 Å². The minimum absolute atomic E-state index is 0.0822. The number of aliphatic hydroxyl groups excluding tert-OH is 2. The second-order valence-corrected chi connectivity index (χ2v) is 7.93. The van der Waals surface area contributed by atoms with Crippen molar-refractivity contribution in [3.63, 3.8) is 0 Å². The van der Waals surface area contributed by atoms with Gasteiger partial charge in [-0.1, -0.05) is 6.07 Å². The first-order valence-corrected chi connectivity index (χ1v) is 9.45. The number of carbonyl (C=O) groups excluding carboxylic acids is 1. The van der Waals surface area contributed by atoms with E-state index >= 15 is 0 Å². The SMILES string of the molecule is CCOC(=O)CC(O)CC(O)CCc1c(C)cc(C)c2c1OC(C)(C)C2. The number of rotatable bonds is 8. The fourth-order valence-corrected chi connectivity index (χ4v) is 3.67. The molecule has 0 bridgehead atoms. The Morgan fingerprint density at radius 2 is 1.96 bits per heavy atom. The molecule has 0 saturated heterocycles. The maximum absolute atomic E-state index is 11.4. The van der Waals surface area contributed by atoms with Crippen LogP contribution < -0.4 is 4.74 Å². The molecule has 1 aromatic rings. The van der Waals surface area contributed by atoms with Gasteiger partial charge >= 0.3 is 5.97 Å². The number of hydrogen-bond acceptors (Lipinski definition) is 5. The molecule has 146 valence electrons. The molecule has 2 unspecified atom stereocenters. The Hall–Kier alpha value is -1.59. The zero-order valence-corrected chi connectivity index (χ0v) is 16.6. The normalized spacial score (nSPS) is 17.3. The van der Waals surface area contributed by atoms with Crippen LogP contribution in [0, 0.1) is 13.8 Å². The average molecular weight is 364 g/mol. The highest BCUT2D eigenvalue weighted by Crippen LogP contribution is 2.41. The number of esters is 1. The third-order valence-electron chi connectivity index (χ3n) is 4.89. The monoisotopic (exact) mass is 364 g/mol. The van der Waals surface area contributed by atoms with Crippen molar-refractivity contribution in [3.05, 3.63) is 28.3 Å². The highest BCUT2D eigenvalue weighted by molar-refractivity contribution is 5.69. The summed E-state index contributed by atoms with van der Waals surface area (Å²) in [5.41, 5.74) is 4.60. The second-order valence-electron chi connectivity index (χ2n) is 7.93. The summed E-state index contributed by atoms with van der Waals surface area (Å²) in [5.74, 6) is 0.529. The molecular weight excluding hydrogens is 332 g/mol. The largest absolute Gasteiger partial charge is 0.487 e. The van der Waals surface area contributed by atoms with E-state index in [-0.39, 0.29) is 18.4 Å². The minimum Gasteiger partial charge on any atom is -0.487 e. The predicted molar refractivity (Wildman–Crippen MR) is 101 cm³/mol. The van der Waals surface area contributed by atoms with Gasteiger partial charge in [0.1, 0.15) is 11.4 Å². The van der Waals surface area contributed by atoms with Crippen LogP contribution in [-0.4, -0.2) is 40.6 Å². The molecule has 5 nitrogen and oxygen atoms in total. The molecule has 0 saturated carbocycles. The number of benzene rings is 1. The number of ether oxygens (including phenoxy) is 2. The van der Waals surface area contributed by atoms with Crippen LogP contribution in [0.25, 0.3) is 0 Å². The Labute approximate surface area is 156 Å². The van der Waals surface area contributed by atoms with Crippen LogP contribution in [0.1, 0.15) is 62.3 Å². The van der Waals surface area contributed by atoms with E-state index < -0.39 is 18.2 Å². The maximum Gasteiger partial charge on any atom is 0.308 e. The molecule has 2 rings (SSSR count). The van der Waals surface area contributed by atoms with Crippen LogP contribution in [0.2, 0.25) is 0 Å². The number of hydrogen-bond donors (Lipinski definition) is 2. The third-order valence-corrected chi connectivity index (χ3v) is 4.89. The van der Waals surface area contributed by atoms with Gasteiger partial charge in [-0.25, -0.2) is 0 Å². The summed E-state index contributed by atoms with van der Waals surface area (Å²) in [5, 5.41) is 20.2. The lowest BCUT2D eigenvalue weighted by molar-refractivity contribution is -0.145. The Balaban J connectivity index is 1.98. The summed E-state index contributed by atoms with van der Waals surface area (Å²) < 4.78 is 11.0. The maximum atomic E-state index is 11.4. The van der Waals surface area contributed by atoms with Crippen molar-refractivity contribution < 1.29 is 24.5 Å². The number of fused-ring (bicyclic) bond motifs is 1. The molecule has 2 atom stereocenters. The van der Waals surface area contributed by atoms with Gasteiger partial charge < -0.3 is 19.7 Å². The topological polar surface area (TPSA) is 76.0 Å². The number of aliphatic hydroxyl groups is 2. The standard InChI is InChI=1S/C21H32O5/c1-6-25-19(24)11-16(23)10-15(22)7-8-17-13(2)9-14(3)18-12-21(4,5)26-20(17)18/h9,15-16,22-23H,6-8,10-12H2,1-5H3. The number of aryl methyl sites for hydroxylation is 2. The van der Waals surface area contributed by atoms with Gasteiger partial charge in [-0.15, -0.1) is 0 Å². The first kappa shape index (κ1) is 20.7. The second kappa shape index (κ2) is 8.40. The molecule has 0 fully saturated rings. The van der Waals surface area contributed by atoms with Gasteiger partial charge in [0.2, 0.25) is 0 Å². The smallest absolute Gasteiger partial charge is 0.308 e. The Kier molecular flexibility index (Phi) is 6.69. The molecule has 2 N–H and O–H groups in total. The Morgan fingerprint density at radius 3 is 2.62 bits per heavy atom. The van der Waals surface area contributed by atoms with Crippen LogP contribution in [0.4, 0.5) is 0 Å². The van der Waals surface area contributed by atoms with Crippen LogP contribution >= 0.6 is 0 Å². The van der Waals surface area contributed by atoms with E-state index in [9.17, 15) is 15.0 Å². The molecule has 26 heavy (non-hydrogen) atoms. The fraction of sp³-hybridized carbons (Fsp3) is 0.667. The first-order chi connectivity index (χ1) is 12.1. The van der Waals surface area contributed by atoms with Crippen LogP contribution in [0.3, 0.4) is 0 Å². The van der Waals surface area contributed by atoms with Gasteiger partial charge in [0.15, 0.2) is 0 Å². The molecule has 1 heterocycles. The quantitative estimate of drug-likeness (QED) is 0.694. The molecule has 1 aliphatic heterocycles. The lowest BCUT2D eigenvalue weighted by Crippen LogP contribution is -2.25. The van der Waals surface area contributed by atoms with E-state index in [0.29, 0.717) is 19.4 Å². The molecule has 0 aromatic heterocycles. The zero-order valence-electron chi connectivity index (χ0n) is 16.6. The zero-order chi connectivity index (χ0) is 19.5. The Bertz CT molecular complexity index is 650. The van der Waals surface area contributed by atoms with Gasteiger partial charge in [-0.3, -0.25) is 4.79 Å². The van der Waals surface area contributed by atoms with Crippen molar-refractivity contribution in [2.75, 3.05) is 6.61 Å². The summed E-state index contributed by atoms with van der Waals surface area (Å²) in [6, 6.07) is 2.18. The van der Waals surface area contributed by atoms with Crippen molar-refractivity contribution in [2.24, 2.45) is 0 Å². The molecular formula is C21H32O5. The summed E-state index contributed by atoms with van der Waals surface area (Å²) in [6.07, 6.45) is 0.605. The average Bonchev–Trinajstić information content (AvgIpc) is 2.82. The van der Waals surface area contributed by atoms with E-state index in [0.717, 1.165) is 17.7 Å². The van der Waals surface area contributed by atoms with Gasteiger partial charge in [0.25, 0.3) is 0 Å². The Morgan fingerprint density at radius 1 is 1.27 bits per heavy atom. The fourth-order valence-electron chi connectivity index (χ4n) is 3.67. The molecule has 0 aliphatic carbocycles. The number of carbonyl (C=O) groups is 1. The third kappa shape index (κ3) is 5.21. The highest BCUT2D eigenvalue weighted by Gasteiger charge is 2.33. The molecule has 1 aromatic carbocycles. The van der Waals surface area contributed by atoms with E-state index in [1.165, 1.54) is 16.7 Å². The van der Waals surface area contributed by atoms with Crippen molar-refractivity contribution in [3.8, 4) is 5.75 Å². The van der Waals surface area contributed by atoms with Crippen molar-refractivity contribution in [1.29, 1.82) is 0 Å². The summed E-state index contributed by atoms with van der Waals surface area (Å²) >= 11 is 0. The van der Waals surface area contributed by atoms with Gasteiger partial charge in [-0.2, -0.15) is 0 Å². The molecule has 5 heteroatoms. The highest BCUT2D eigenvalue weighted by atomic mass is 16.5. The van der Waals surface area contributed by atoms with Gasteiger partial charge in [-0.05, 0) is 70.6 Å². The summed E-state index contributed by atoms with van der Waals surface area (Å²) in [6.45, 7) is 10.4. The lowest BCUT2D eigenvalue weighted by Gasteiger charge is -2.20. The van der Waals surface area contributed by atoms with Crippen molar-refractivity contribution >= 4 is 5.97 Å². The summed E-state index contributed by atoms with van der Waals surface area (Å²) in [7, 11) is 0. The predicted octanol–water partition coefficient (Wildman–Crippen LogP) is 3.01. The van der Waals surface area contributed by atoms with E-state index in [1.54, 1.807) is 6.92 Å². The van der Waals surface area contributed by atoms with Gasteiger partial charge in [0, 0.05) is 12.0 Å². The first-order valence-electron chi connectivity index (χ1n) is 9.45. The van der Waals surface area contributed by atoms with Crippen LogP contribution in [-0.2, 0) is 22.4 Å². The minimum atomic E-state index is -0.885. The van der Waals surface area contributed by atoms with E-state index in [1.807, 2.05) is 0 Å². The molecule has 0 spiro atoms. The van der Waals surface area contributed by atoms with Crippen LogP contribution in [0.15, 0.2) is 6.07 Å². The van der Waals surface area contributed by atoms with Crippen molar-refractivity contribution in [1.82, 2.24) is 0 Å². The van der Waals surface area contributed by atoms with Gasteiger partial charge in [0.05, 0.1) is 25.2 Å².